The Balaban J connectivity index is 1.88. The lowest BCUT2D eigenvalue weighted by Crippen LogP contribution is -2.51. The number of carbonyl (C=O) groups excluding carboxylic acids is 2. The quantitative estimate of drug-likeness (QED) is 0.492. The van der Waals surface area contributed by atoms with Crippen LogP contribution in [-0.2, 0) is 27.3 Å². The monoisotopic (exact) mass is 487 g/mol. The number of amides is 2. The molecule has 1 saturated heterocycles. The van der Waals surface area contributed by atoms with Crippen molar-refractivity contribution in [1.29, 1.82) is 0 Å². The normalized spacial score (nSPS) is 20.2. The fraction of sp³-hybridized carbons (Fsp3) is 0.615. The Morgan fingerprint density at radius 2 is 1.82 bits per heavy atom. The highest BCUT2D eigenvalue weighted by Gasteiger charge is 2.51. The molecular formula is C26H37N3O4S. The number of fused-ring (bicyclic) bond motifs is 1. The van der Waals surface area contributed by atoms with Gasteiger partial charge in [-0.2, -0.15) is 0 Å². The van der Waals surface area contributed by atoms with Crippen LogP contribution in [0.15, 0.2) is 18.2 Å². The molecule has 1 aliphatic heterocycles. The fourth-order valence-corrected chi connectivity index (χ4v) is 5.45. The molecule has 1 aromatic rings. The first-order valence-corrected chi connectivity index (χ1v) is 12.9. The van der Waals surface area contributed by atoms with Crippen molar-refractivity contribution in [3.8, 4) is 11.8 Å². The molecule has 34 heavy (non-hydrogen) atoms. The van der Waals surface area contributed by atoms with Crippen molar-refractivity contribution in [2.24, 2.45) is 5.41 Å². The number of nitrogens with one attached hydrogen (secondary N) is 2. The van der Waals surface area contributed by atoms with E-state index >= 15 is 0 Å². The van der Waals surface area contributed by atoms with Gasteiger partial charge in [-0.05, 0) is 84.1 Å². The molecule has 0 unspecified atom stereocenters. The number of ether oxygens (including phenoxy) is 1. The van der Waals surface area contributed by atoms with Gasteiger partial charge in [0.25, 0.3) is 5.91 Å². The molecule has 1 aliphatic carbocycles. The van der Waals surface area contributed by atoms with Crippen LogP contribution in [0.4, 0.5) is 4.79 Å². The van der Waals surface area contributed by atoms with Gasteiger partial charge >= 0.3 is 6.09 Å². The number of piperidine rings is 1. The summed E-state index contributed by atoms with van der Waals surface area (Å²) in [5.74, 6) is 5.18. The zero-order valence-corrected chi connectivity index (χ0v) is 22.1. The molecule has 3 rings (SSSR count). The molecule has 0 bridgehead atoms. The van der Waals surface area contributed by atoms with Crippen molar-refractivity contribution >= 4 is 23.4 Å². The molecule has 2 atom stereocenters. The first-order valence-electron chi connectivity index (χ1n) is 11.8. The van der Waals surface area contributed by atoms with Crippen LogP contribution in [-0.4, -0.2) is 51.9 Å². The predicted molar refractivity (Wildman–Crippen MR) is 134 cm³/mol. The Bertz CT molecular complexity index is 992. The molecular weight excluding hydrogens is 450 g/mol. The molecule has 0 aromatic heterocycles. The Labute approximate surface area is 206 Å². The minimum atomic E-state index is -1.27. The van der Waals surface area contributed by atoms with Crippen LogP contribution in [0.1, 0.15) is 77.1 Å². The third-order valence-corrected chi connectivity index (χ3v) is 7.91. The second-order valence-corrected chi connectivity index (χ2v) is 13.2. The van der Waals surface area contributed by atoms with E-state index in [1.165, 1.54) is 5.56 Å². The van der Waals surface area contributed by atoms with Gasteiger partial charge in [-0.1, -0.05) is 12.0 Å². The minimum Gasteiger partial charge on any atom is -0.598 e. The number of hydrogen-bond acceptors (Lipinski definition) is 5. The topological polar surface area (TPSA) is 93.7 Å². The first-order chi connectivity index (χ1) is 15.7. The van der Waals surface area contributed by atoms with Crippen LogP contribution in [0, 0.1) is 17.3 Å². The van der Waals surface area contributed by atoms with E-state index in [0.29, 0.717) is 13.1 Å². The summed E-state index contributed by atoms with van der Waals surface area (Å²) in [4.78, 5) is 26.0. The van der Waals surface area contributed by atoms with E-state index in [4.69, 9.17) is 4.74 Å². The van der Waals surface area contributed by atoms with Gasteiger partial charge in [0, 0.05) is 48.4 Å². The number of likely N-dealkylation sites (tertiary alicyclic amines) is 1. The van der Waals surface area contributed by atoms with Gasteiger partial charge in [0.15, 0.2) is 0 Å². The lowest BCUT2D eigenvalue weighted by atomic mass is 9.73. The van der Waals surface area contributed by atoms with E-state index in [1.807, 2.05) is 53.7 Å². The van der Waals surface area contributed by atoms with E-state index < -0.39 is 21.7 Å². The van der Waals surface area contributed by atoms with Crippen molar-refractivity contribution in [2.45, 2.75) is 77.2 Å². The summed E-state index contributed by atoms with van der Waals surface area (Å²) in [6, 6.07) is 5.87. The SMILES string of the molecule is CNC(=O)C#Cc1ccc2c(c1)[C@@H](N[S@+]([O-])C(C)(C)C)C1(CCN(C(=O)OC(C)(C)C)CC1)C2. The van der Waals surface area contributed by atoms with Gasteiger partial charge in [0.2, 0.25) is 0 Å². The molecule has 0 saturated carbocycles. The van der Waals surface area contributed by atoms with Crippen molar-refractivity contribution in [3.63, 3.8) is 0 Å². The van der Waals surface area contributed by atoms with Gasteiger partial charge in [-0.15, -0.1) is 4.72 Å². The standard InChI is InChI=1S/C26H37N3O4S/c1-24(2,3)33-23(31)29-14-12-26(13-15-29)17-19-10-8-18(9-11-21(30)27-7)16-20(19)22(26)28-34(32)25(4,5)6/h8,10,16,22,28H,12-15,17H2,1-7H3,(H,27,30)/t22-,34-/m1/s1. The Morgan fingerprint density at radius 3 is 2.38 bits per heavy atom. The third-order valence-electron chi connectivity index (χ3n) is 6.35. The van der Waals surface area contributed by atoms with Crippen LogP contribution in [0.2, 0.25) is 0 Å². The van der Waals surface area contributed by atoms with Crippen LogP contribution >= 0.6 is 0 Å². The van der Waals surface area contributed by atoms with Crippen LogP contribution in [0.3, 0.4) is 0 Å². The van der Waals surface area contributed by atoms with Gasteiger partial charge in [-0.25, -0.2) is 4.79 Å². The Morgan fingerprint density at radius 1 is 1.18 bits per heavy atom. The molecule has 8 heteroatoms. The number of rotatable bonds is 2. The van der Waals surface area contributed by atoms with Gasteiger partial charge < -0.3 is 19.5 Å². The summed E-state index contributed by atoms with van der Waals surface area (Å²) in [5, 5.41) is 2.51. The van der Waals surface area contributed by atoms with Crippen LogP contribution in [0.25, 0.3) is 0 Å². The van der Waals surface area contributed by atoms with Crippen LogP contribution in [0.5, 0.6) is 0 Å². The number of nitrogens with zero attached hydrogens (tertiary/aromatic N) is 1. The fourth-order valence-electron chi connectivity index (χ4n) is 4.50. The molecule has 0 radical (unpaired) electrons. The van der Waals surface area contributed by atoms with Gasteiger partial charge in [-0.3, -0.25) is 4.79 Å². The molecule has 186 valence electrons. The van der Waals surface area contributed by atoms with Crippen molar-refractivity contribution in [2.75, 3.05) is 20.1 Å². The molecule has 1 heterocycles. The smallest absolute Gasteiger partial charge is 0.410 e. The second kappa shape index (κ2) is 9.80. The maximum absolute atomic E-state index is 13.2. The minimum absolute atomic E-state index is 0.134. The molecule has 2 aliphatic rings. The summed E-state index contributed by atoms with van der Waals surface area (Å²) in [7, 11) is 1.55. The molecule has 1 aromatic carbocycles. The average Bonchev–Trinajstić information content (AvgIpc) is 3.02. The average molecular weight is 488 g/mol. The maximum atomic E-state index is 13.2. The molecule has 2 amide bonds. The highest BCUT2D eigenvalue weighted by molar-refractivity contribution is 7.90. The zero-order chi connectivity index (χ0) is 25.3. The van der Waals surface area contributed by atoms with Crippen molar-refractivity contribution < 1.29 is 18.9 Å². The highest BCUT2D eigenvalue weighted by Crippen LogP contribution is 2.53. The van der Waals surface area contributed by atoms with E-state index in [0.717, 1.165) is 30.4 Å². The largest absolute Gasteiger partial charge is 0.598 e. The third kappa shape index (κ3) is 6.07. The maximum Gasteiger partial charge on any atom is 0.410 e. The van der Waals surface area contributed by atoms with E-state index in [1.54, 1.807) is 11.9 Å². The zero-order valence-electron chi connectivity index (χ0n) is 21.3. The lowest BCUT2D eigenvalue weighted by Gasteiger charge is -2.43. The van der Waals surface area contributed by atoms with Crippen molar-refractivity contribution in [1.82, 2.24) is 14.9 Å². The van der Waals surface area contributed by atoms with E-state index in [9.17, 15) is 14.1 Å². The van der Waals surface area contributed by atoms with Gasteiger partial charge in [0.05, 0.1) is 6.04 Å². The van der Waals surface area contributed by atoms with Crippen molar-refractivity contribution in [3.05, 3.63) is 34.9 Å². The van der Waals surface area contributed by atoms with E-state index in [-0.39, 0.29) is 23.5 Å². The van der Waals surface area contributed by atoms with E-state index in [2.05, 4.69) is 27.9 Å². The summed E-state index contributed by atoms with van der Waals surface area (Å²) in [6.07, 6.45) is 2.11. The van der Waals surface area contributed by atoms with Crippen LogP contribution < -0.4 is 10.0 Å². The lowest BCUT2D eigenvalue weighted by molar-refractivity contribution is -0.115. The number of benzene rings is 1. The first kappa shape index (κ1) is 26.4. The highest BCUT2D eigenvalue weighted by atomic mass is 32.2. The second-order valence-electron chi connectivity index (χ2n) is 11.2. The molecule has 1 spiro atoms. The molecule has 2 N–H and O–H groups in total. The predicted octanol–water partition coefficient (Wildman–Crippen LogP) is 3.45. The number of carbonyl (C=O) groups is 2. The molecule has 7 nitrogen and oxygen atoms in total. The Kier molecular flexibility index (Phi) is 7.61. The summed E-state index contributed by atoms with van der Waals surface area (Å²) >= 11 is -1.27. The summed E-state index contributed by atoms with van der Waals surface area (Å²) in [6.45, 7) is 12.7. The Hall–Kier alpha value is -2.21. The molecule has 1 fully saturated rings. The number of hydrogen-bond donors (Lipinski definition) is 2. The summed E-state index contributed by atoms with van der Waals surface area (Å²) in [5.41, 5.74) is 2.33. The summed E-state index contributed by atoms with van der Waals surface area (Å²) < 4.78 is 21.7. The van der Waals surface area contributed by atoms with Gasteiger partial charge in [0.1, 0.15) is 10.3 Å².